The second-order valence-corrected chi connectivity index (χ2v) is 8.01. The molecule has 0 radical (unpaired) electrons. The molecule has 2 aromatic rings. The Morgan fingerprint density at radius 1 is 1.07 bits per heavy atom. The maximum absolute atomic E-state index is 12.5. The van der Waals surface area contributed by atoms with Crippen LogP contribution in [0.3, 0.4) is 0 Å². The Kier molecular flexibility index (Phi) is 6.46. The molecule has 2 N–H and O–H groups in total. The lowest BCUT2D eigenvalue weighted by Gasteiger charge is -2.13. The number of benzene rings is 2. The molecule has 0 aliphatic carbocycles. The van der Waals surface area contributed by atoms with E-state index < -0.39 is 11.9 Å². The normalized spacial score (nSPS) is 15.2. The Morgan fingerprint density at radius 2 is 1.79 bits per heavy atom. The molecule has 1 aliphatic heterocycles. The van der Waals surface area contributed by atoms with Gasteiger partial charge in [-0.1, -0.05) is 60.4 Å². The zero-order valence-corrected chi connectivity index (χ0v) is 16.8. The molecular formula is C21H17NO5S2. The molecular weight excluding hydrogens is 410 g/mol. The number of carbonyl (C=O) groups excluding carboxylic acids is 1. The van der Waals surface area contributed by atoms with Crippen LogP contribution in [0.4, 0.5) is 0 Å². The minimum Gasteiger partial charge on any atom is -0.481 e. The number of amides is 1. The summed E-state index contributed by atoms with van der Waals surface area (Å²) in [7, 11) is 0. The zero-order valence-electron chi connectivity index (χ0n) is 15.2. The van der Waals surface area contributed by atoms with Crippen molar-refractivity contribution in [1.29, 1.82) is 0 Å². The summed E-state index contributed by atoms with van der Waals surface area (Å²) in [5.41, 5.74) is 2.69. The first kappa shape index (κ1) is 20.8. The van der Waals surface area contributed by atoms with E-state index >= 15 is 0 Å². The number of hydrogen-bond acceptors (Lipinski definition) is 5. The second-order valence-electron chi connectivity index (χ2n) is 6.34. The lowest BCUT2D eigenvalue weighted by molar-refractivity contribution is -0.137. The van der Waals surface area contributed by atoms with E-state index in [1.807, 2.05) is 30.3 Å². The van der Waals surface area contributed by atoms with Crippen molar-refractivity contribution in [1.82, 2.24) is 4.90 Å². The average molecular weight is 428 g/mol. The number of nitrogens with zero attached hydrogens (tertiary/aromatic N) is 1. The van der Waals surface area contributed by atoms with Gasteiger partial charge in [0, 0.05) is 13.0 Å². The summed E-state index contributed by atoms with van der Waals surface area (Å²) in [6.45, 7) is 0.285. The number of carboxylic acid groups (broad SMARTS) is 2. The first-order chi connectivity index (χ1) is 13.8. The summed E-state index contributed by atoms with van der Waals surface area (Å²) in [6, 6.07) is 14.1. The summed E-state index contributed by atoms with van der Waals surface area (Å²) in [5.74, 6) is -2.10. The van der Waals surface area contributed by atoms with Gasteiger partial charge < -0.3 is 10.2 Å². The fraction of sp³-hybridized carbons (Fsp3) is 0.143. The molecule has 0 spiro atoms. The highest BCUT2D eigenvalue weighted by Crippen LogP contribution is 2.33. The van der Waals surface area contributed by atoms with Gasteiger partial charge in [0.25, 0.3) is 5.91 Å². The number of carboxylic acids is 2. The van der Waals surface area contributed by atoms with Gasteiger partial charge in [-0.25, -0.2) is 4.79 Å². The largest absolute Gasteiger partial charge is 0.481 e. The van der Waals surface area contributed by atoms with E-state index in [9.17, 15) is 14.4 Å². The fourth-order valence-electron chi connectivity index (χ4n) is 2.84. The zero-order chi connectivity index (χ0) is 21.0. The van der Waals surface area contributed by atoms with Gasteiger partial charge in [-0.3, -0.25) is 14.5 Å². The lowest BCUT2D eigenvalue weighted by atomic mass is 10.0. The van der Waals surface area contributed by atoms with E-state index in [2.05, 4.69) is 0 Å². The molecule has 3 rings (SSSR count). The number of aliphatic carboxylic acids is 1. The molecule has 6 nitrogen and oxygen atoms in total. The molecule has 1 saturated heterocycles. The van der Waals surface area contributed by atoms with E-state index in [-0.39, 0.29) is 24.4 Å². The van der Waals surface area contributed by atoms with Crippen LogP contribution in [0.1, 0.15) is 28.8 Å². The standard InChI is InChI=1S/C21H17NO5S2/c23-18(24)5-2-10-22-19(25)17(29-21(22)28)11-13-6-8-14(9-7-13)15-3-1-4-16(12-15)20(26)27/h1,3-4,6-9,11-12H,2,5,10H2,(H,23,24)(H,26,27). The van der Waals surface area contributed by atoms with Crippen LogP contribution < -0.4 is 0 Å². The maximum atomic E-state index is 12.5. The Balaban J connectivity index is 1.73. The number of aromatic carboxylic acids is 1. The van der Waals surface area contributed by atoms with Gasteiger partial charge in [-0.15, -0.1) is 0 Å². The van der Waals surface area contributed by atoms with Crippen molar-refractivity contribution >= 4 is 52.2 Å². The third-order valence-corrected chi connectivity index (χ3v) is 5.68. The van der Waals surface area contributed by atoms with Gasteiger partial charge in [-0.2, -0.15) is 0 Å². The monoisotopic (exact) mass is 427 g/mol. The molecule has 0 saturated carbocycles. The van der Waals surface area contributed by atoms with Crippen molar-refractivity contribution < 1.29 is 24.6 Å². The van der Waals surface area contributed by atoms with Crippen LogP contribution in [0, 0.1) is 0 Å². The van der Waals surface area contributed by atoms with Gasteiger partial charge in [0.05, 0.1) is 10.5 Å². The number of thioether (sulfide) groups is 1. The third kappa shape index (κ3) is 5.10. The highest BCUT2D eigenvalue weighted by atomic mass is 32.2. The van der Waals surface area contributed by atoms with Crippen LogP contribution in [0.15, 0.2) is 53.4 Å². The van der Waals surface area contributed by atoms with Crippen molar-refractivity contribution in [2.75, 3.05) is 6.54 Å². The number of thiocarbonyl (C=S) groups is 1. The maximum Gasteiger partial charge on any atom is 0.335 e. The Bertz CT molecular complexity index is 1010. The van der Waals surface area contributed by atoms with Crippen molar-refractivity contribution in [3.05, 3.63) is 64.6 Å². The number of carbonyl (C=O) groups is 3. The second kappa shape index (κ2) is 9.02. The summed E-state index contributed by atoms with van der Waals surface area (Å²) < 4.78 is 0.425. The molecule has 0 aromatic heterocycles. The van der Waals surface area contributed by atoms with Gasteiger partial charge in [-0.05, 0) is 41.3 Å². The molecule has 0 unspecified atom stereocenters. The molecule has 148 valence electrons. The summed E-state index contributed by atoms with van der Waals surface area (Å²) in [6.07, 6.45) is 2.08. The van der Waals surface area contributed by atoms with Crippen molar-refractivity contribution in [3.63, 3.8) is 0 Å². The van der Waals surface area contributed by atoms with E-state index in [4.69, 9.17) is 22.4 Å². The highest BCUT2D eigenvalue weighted by molar-refractivity contribution is 8.26. The first-order valence-electron chi connectivity index (χ1n) is 8.76. The third-order valence-electron chi connectivity index (χ3n) is 4.30. The minimum atomic E-state index is -0.978. The van der Waals surface area contributed by atoms with Gasteiger partial charge in [0.2, 0.25) is 0 Å². The molecule has 8 heteroatoms. The van der Waals surface area contributed by atoms with Crippen LogP contribution in [-0.4, -0.2) is 43.8 Å². The predicted molar refractivity (Wildman–Crippen MR) is 116 cm³/mol. The van der Waals surface area contributed by atoms with E-state index in [1.165, 1.54) is 16.7 Å². The quantitative estimate of drug-likeness (QED) is 0.507. The van der Waals surface area contributed by atoms with Crippen LogP contribution >= 0.6 is 24.0 Å². The Labute approximate surface area is 176 Å². The van der Waals surface area contributed by atoms with Crippen molar-refractivity contribution in [2.24, 2.45) is 0 Å². The molecule has 1 fully saturated rings. The topological polar surface area (TPSA) is 94.9 Å². The summed E-state index contributed by atoms with van der Waals surface area (Å²) >= 11 is 6.44. The first-order valence-corrected chi connectivity index (χ1v) is 9.98. The van der Waals surface area contributed by atoms with Crippen LogP contribution in [0.25, 0.3) is 17.2 Å². The molecule has 0 atom stereocenters. The summed E-state index contributed by atoms with van der Waals surface area (Å²) in [4.78, 5) is 36.2. The van der Waals surface area contributed by atoms with E-state index in [1.54, 1.807) is 24.3 Å². The van der Waals surface area contributed by atoms with Gasteiger partial charge in [0.15, 0.2) is 0 Å². The fourth-order valence-corrected chi connectivity index (χ4v) is 4.14. The molecule has 1 heterocycles. The minimum absolute atomic E-state index is 0.0132. The number of rotatable bonds is 7. The van der Waals surface area contributed by atoms with Crippen LogP contribution in [0.5, 0.6) is 0 Å². The van der Waals surface area contributed by atoms with E-state index in [0.717, 1.165) is 16.7 Å². The average Bonchev–Trinajstić information content (AvgIpc) is 2.96. The Morgan fingerprint density at radius 3 is 2.45 bits per heavy atom. The predicted octanol–water partition coefficient (Wildman–Crippen LogP) is 4.12. The number of hydrogen-bond donors (Lipinski definition) is 2. The molecule has 1 amide bonds. The van der Waals surface area contributed by atoms with E-state index in [0.29, 0.717) is 15.6 Å². The van der Waals surface area contributed by atoms with Crippen LogP contribution in [0.2, 0.25) is 0 Å². The SMILES string of the molecule is O=C(O)CCCN1C(=O)C(=Cc2ccc(-c3cccc(C(=O)O)c3)cc2)SC1=S. The lowest BCUT2D eigenvalue weighted by Crippen LogP contribution is -2.29. The van der Waals surface area contributed by atoms with Crippen LogP contribution in [-0.2, 0) is 9.59 Å². The van der Waals surface area contributed by atoms with Crippen molar-refractivity contribution in [3.8, 4) is 11.1 Å². The summed E-state index contributed by atoms with van der Waals surface area (Å²) in [5, 5.41) is 17.9. The van der Waals surface area contributed by atoms with Gasteiger partial charge >= 0.3 is 11.9 Å². The highest BCUT2D eigenvalue weighted by Gasteiger charge is 2.31. The molecule has 0 bridgehead atoms. The molecule has 2 aromatic carbocycles. The van der Waals surface area contributed by atoms with Gasteiger partial charge in [0.1, 0.15) is 4.32 Å². The molecule has 29 heavy (non-hydrogen) atoms. The Hall–Kier alpha value is -2.97. The van der Waals surface area contributed by atoms with Crippen molar-refractivity contribution in [2.45, 2.75) is 12.8 Å². The molecule has 1 aliphatic rings. The smallest absolute Gasteiger partial charge is 0.335 e.